The summed E-state index contributed by atoms with van der Waals surface area (Å²) in [6.07, 6.45) is 1.78. The third-order valence-electron chi connectivity index (χ3n) is 3.74. The summed E-state index contributed by atoms with van der Waals surface area (Å²) in [4.78, 5) is 8.66. The van der Waals surface area contributed by atoms with Crippen molar-refractivity contribution in [3.05, 3.63) is 53.9 Å². The van der Waals surface area contributed by atoms with Crippen LogP contribution in [0.2, 0.25) is 0 Å². The monoisotopic (exact) mass is 255 g/mol. The maximum Gasteiger partial charge on any atom is 0.223 e. The minimum absolute atomic E-state index is 0.00830. The van der Waals surface area contributed by atoms with Crippen molar-refractivity contribution in [3.8, 4) is 0 Å². The Kier molecular flexibility index (Phi) is 3.84. The van der Waals surface area contributed by atoms with Crippen LogP contribution in [0, 0.1) is 6.92 Å². The predicted molar refractivity (Wildman–Crippen MR) is 79.3 cm³/mol. The summed E-state index contributed by atoms with van der Waals surface area (Å²) in [5.74, 6) is 0.691. The number of hydrogen-bond acceptors (Lipinski definition) is 3. The summed E-state index contributed by atoms with van der Waals surface area (Å²) in [6.45, 7) is 8.60. The molecular formula is C16H21N3. The molecule has 0 radical (unpaired) electrons. The quantitative estimate of drug-likeness (QED) is 0.907. The highest BCUT2D eigenvalue weighted by atomic mass is 15.1. The fourth-order valence-corrected chi connectivity index (χ4v) is 2.01. The Morgan fingerprint density at radius 2 is 1.79 bits per heavy atom. The normalized spacial score (nSPS) is 13.1. The third kappa shape index (κ3) is 3.11. The number of benzene rings is 1. The first kappa shape index (κ1) is 13.5. The van der Waals surface area contributed by atoms with E-state index in [1.165, 1.54) is 5.56 Å². The third-order valence-corrected chi connectivity index (χ3v) is 3.74. The molecule has 1 heterocycles. The Morgan fingerprint density at radius 1 is 1.11 bits per heavy atom. The molecule has 0 spiro atoms. The van der Waals surface area contributed by atoms with E-state index in [0.717, 1.165) is 5.69 Å². The van der Waals surface area contributed by atoms with Crippen molar-refractivity contribution < 1.29 is 0 Å². The Bertz CT molecular complexity index is 535. The van der Waals surface area contributed by atoms with E-state index in [0.29, 0.717) is 5.95 Å². The molecule has 0 saturated carbocycles. The molecule has 1 aromatic carbocycles. The fourth-order valence-electron chi connectivity index (χ4n) is 2.01. The number of nitrogens with one attached hydrogen (secondary N) is 1. The van der Waals surface area contributed by atoms with E-state index >= 15 is 0 Å². The second-order valence-corrected chi connectivity index (χ2v) is 5.48. The molecule has 0 fully saturated rings. The van der Waals surface area contributed by atoms with Crippen molar-refractivity contribution >= 4 is 5.95 Å². The standard InChI is InChI=1S/C16H21N3/c1-12-10-11-17-15(18-12)19-13(2)16(3,4)14-8-6-5-7-9-14/h5-11,13H,1-4H3,(H,17,18,19). The van der Waals surface area contributed by atoms with Gasteiger partial charge < -0.3 is 5.32 Å². The lowest BCUT2D eigenvalue weighted by Crippen LogP contribution is -2.37. The summed E-state index contributed by atoms with van der Waals surface area (Å²) in [7, 11) is 0. The number of nitrogens with zero attached hydrogens (tertiary/aromatic N) is 2. The van der Waals surface area contributed by atoms with Gasteiger partial charge in [-0.25, -0.2) is 9.97 Å². The SMILES string of the molecule is Cc1ccnc(NC(C)C(C)(C)c2ccccc2)n1. The Hall–Kier alpha value is -1.90. The van der Waals surface area contributed by atoms with E-state index in [-0.39, 0.29) is 11.5 Å². The maximum atomic E-state index is 4.40. The van der Waals surface area contributed by atoms with Gasteiger partial charge in [0.2, 0.25) is 5.95 Å². The highest BCUT2D eigenvalue weighted by Gasteiger charge is 2.28. The van der Waals surface area contributed by atoms with Gasteiger partial charge in [0.1, 0.15) is 0 Å². The van der Waals surface area contributed by atoms with Gasteiger partial charge in [0.25, 0.3) is 0 Å². The first-order valence-corrected chi connectivity index (χ1v) is 6.62. The predicted octanol–water partition coefficient (Wildman–Crippen LogP) is 3.56. The summed E-state index contributed by atoms with van der Waals surface area (Å²) < 4.78 is 0. The Labute approximate surface area is 115 Å². The van der Waals surface area contributed by atoms with E-state index in [1.807, 2.05) is 19.1 Å². The molecule has 100 valence electrons. The van der Waals surface area contributed by atoms with E-state index in [2.05, 4.69) is 60.3 Å². The van der Waals surface area contributed by atoms with Crippen LogP contribution in [0.3, 0.4) is 0 Å². The van der Waals surface area contributed by atoms with Crippen LogP contribution in [0.5, 0.6) is 0 Å². The fraction of sp³-hybridized carbons (Fsp3) is 0.375. The van der Waals surface area contributed by atoms with Gasteiger partial charge in [0.15, 0.2) is 0 Å². The van der Waals surface area contributed by atoms with Crippen molar-refractivity contribution in [1.29, 1.82) is 0 Å². The molecule has 1 unspecified atom stereocenters. The first-order chi connectivity index (χ1) is 9.00. The van der Waals surface area contributed by atoms with Gasteiger partial charge in [0, 0.05) is 23.3 Å². The van der Waals surface area contributed by atoms with Crippen LogP contribution in [0.1, 0.15) is 32.0 Å². The van der Waals surface area contributed by atoms with Gasteiger partial charge in [-0.1, -0.05) is 44.2 Å². The Morgan fingerprint density at radius 3 is 2.42 bits per heavy atom. The van der Waals surface area contributed by atoms with E-state index < -0.39 is 0 Å². The zero-order valence-electron chi connectivity index (χ0n) is 12.0. The molecule has 1 N–H and O–H groups in total. The van der Waals surface area contributed by atoms with Gasteiger partial charge in [0.05, 0.1) is 0 Å². The Balaban J connectivity index is 2.17. The highest BCUT2D eigenvalue weighted by molar-refractivity contribution is 5.33. The molecule has 0 saturated heterocycles. The minimum atomic E-state index is 0.00830. The van der Waals surface area contributed by atoms with Crippen LogP contribution in [0.4, 0.5) is 5.95 Å². The van der Waals surface area contributed by atoms with E-state index in [9.17, 15) is 0 Å². The number of anilines is 1. The molecule has 3 nitrogen and oxygen atoms in total. The molecule has 1 atom stereocenters. The van der Waals surface area contributed by atoms with Crippen LogP contribution >= 0.6 is 0 Å². The zero-order chi connectivity index (χ0) is 13.9. The van der Waals surface area contributed by atoms with Crippen LogP contribution in [-0.2, 0) is 5.41 Å². The molecule has 19 heavy (non-hydrogen) atoms. The van der Waals surface area contributed by atoms with Crippen molar-refractivity contribution in [2.24, 2.45) is 0 Å². The average molecular weight is 255 g/mol. The topological polar surface area (TPSA) is 37.8 Å². The highest BCUT2D eigenvalue weighted by Crippen LogP contribution is 2.28. The second-order valence-electron chi connectivity index (χ2n) is 5.48. The number of aromatic nitrogens is 2. The van der Waals surface area contributed by atoms with Crippen LogP contribution in [0.25, 0.3) is 0 Å². The molecule has 2 rings (SSSR count). The van der Waals surface area contributed by atoms with Gasteiger partial charge in [-0.2, -0.15) is 0 Å². The van der Waals surface area contributed by atoms with Crippen molar-refractivity contribution in [3.63, 3.8) is 0 Å². The zero-order valence-corrected chi connectivity index (χ0v) is 12.0. The molecule has 0 bridgehead atoms. The summed E-state index contributed by atoms with van der Waals surface area (Å²) in [5, 5.41) is 3.40. The lowest BCUT2D eigenvalue weighted by molar-refractivity contribution is 0.456. The molecule has 0 aliphatic carbocycles. The number of rotatable bonds is 4. The second kappa shape index (κ2) is 5.39. The van der Waals surface area contributed by atoms with Gasteiger partial charge in [-0.3, -0.25) is 0 Å². The molecular weight excluding hydrogens is 234 g/mol. The first-order valence-electron chi connectivity index (χ1n) is 6.62. The van der Waals surface area contributed by atoms with E-state index in [1.54, 1.807) is 6.20 Å². The maximum absolute atomic E-state index is 4.40. The summed E-state index contributed by atoms with van der Waals surface area (Å²) >= 11 is 0. The van der Waals surface area contributed by atoms with E-state index in [4.69, 9.17) is 0 Å². The minimum Gasteiger partial charge on any atom is -0.351 e. The van der Waals surface area contributed by atoms with Gasteiger partial charge in [-0.15, -0.1) is 0 Å². The molecule has 0 aliphatic rings. The van der Waals surface area contributed by atoms with Crippen LogP contribution < -0.4 is 5.32 Å². The van der Waals surface area contributed by atoms with Crippen LogP contribution in [-0.4, -0.2) is 16.0 Å². The van der Waals surface area contributed by atoms with Crippen molar-refractivity contribution in [2.45, 2.75) is 39.2 Å². The van der Waals surface area contributed by atoms with Crippen molar-refractivity contribution in [1.82, 2.24) is 9.97 Å². The number of aryl methyl sites for hydroxylation is 1. The van der Waals surface area contributed by atoms with Gasteiger partial charge >= 0.3 is 0 Å². The molecule has 2 aromatic rings. The molecule has 0 aliphatic heterocycles. The summed E-state index contributed by atoms with van der Waals surface area (Å²) in [6, 6.07) is 12.7. The molecule has 1 aromatic heterocycles. The average Bonchev–Trinajstić information content (AvgIpc) is 2.39. The lowest BCUT2D eigenvalue weighted by atomic mass is 9.78. The largest absolute Gasteiger partial charge is 0.351 e. The molecule has 3 heteroatoms. The number of hydrogen-bond donors (Lipinski definition) is 1. The van der Waals surface area contributed by atoms with Gasteiger partial charge in [-0.05, 0) is 25.5 Å². The van der Waals surface area contributed by atoms with Crippen LogP contribution in [0.15, 0.2) is 42.6 Å². The smallest absolute Gasteiger partial charge is 0.223 e. The molecule has 0 amide bonds. The summed E-state index contributed by atoms with van der Waals surface area (Å²) in [5.41, 5.74) is 2.29. The lowest BCUT2D eigenvalue weighted by Gasteiger charge is -2.33. The van der Waals surface area contributed by atoms with Crippen molar-refractivity contribution in [2.75, 3.05) is 5.32 Å².